The number of carbonyl (C=O) groups excluding carboxylic acids is 2. The monoisotopic (exact) mass is 404 g/mol. The molecule has 1 heterocycles. The van der Waals surface area contributed by atoms with Crippen LogP contribution in [0.15, 0.2) is 22.7 Å². The van der Waals surface area contributed by atoms with Gasteiger partial charge in [-0.1, -0.05) is 22.0 Å². The number of nitrogens with one attached hydrogen (secondary N) is 1. The number of halogens is 2. The molecule has 2 rings (SSSR count). The highest BCUT2D eigenvalue weighted by atomic mass is 79.9. The van der Waals surface area contributed by atoms with E-state index in [0.29, 0.717) is 36.3 Å². The molecule has 8 heteroatoms. The van der Waals surface area contributed by atoms with Crippen LogP contribution < -0.4 is 5.32 Å². The second-order valence-electron chi connectivity index (χ2n) is 5.00. The second-order valence-corrected chi connectivity index (χ2v) is 6.90. The van der Waals surface area contributed by atoms with Gasteiger partial charge in [0.2, 0.25) is 11.8 Å². The third-order valence-corrected chi connectivity index (χ3v) is 4.72. The van der Waals surface area contributed by atoms with Gasteiger partial charge in [-0.3, -0.25) is 9.59 Å². The molecule has 0 saturated carbocycles. The van der Waals surface area contributed by atoms with Crippen LogP contribution in [0.5, 0.6) is 0 Å². The molecule has 5 nitrogen and oxygen atoms in total. The van der Waals surface area contributed by atoms with E-state index in [4.69, 9.17) is 4.74 Å². The molecule has 23 heavy (non-hydrogen) atoms. The van der Waals surface area contributed by atoms with Gasteiger partial charge in [-0.05, 0) is 12.1 Å². The van der Waals surface area contributed by atoms with Crippen molar-refractivity contribution >= 4 is 39.5 Å². The van der Waals surface area contributed by atoms with Gasteiger partial charge in [-0.25, -0.2) is 4.39 Å². The Bertz CT molecular complexity index is 568. The van der Waals surface area contributed by atoms with Gasteiger partial charge >= 0.3 is 0 Å². The van der Waals surface area contributed by atoms with Crippen LogP contribution in [-0.4, -0.2) is 54.5 Å². The number of hydrogen-bond acceptors (Lipinski definition) is 4. The number of benzene rings is 1. The molecule has 0 bridgehead atoms. The molecule has 2 amide bonds. The Morgan fingerprint density at radius 1 is 1.30 bits per heavy atom. The number of morpholine rings is 1. The van der Waals surface area contributed by atoms with Crippen LogP contribution in [-0.2, 0) is 20.9 Å². The molecule has 0 aliphatic carbocycles. The molecule has 1 aliphatic rings. The topological polar surface area (TPSA) is 58.6 Å². The van der Waals surface area contributed by atoms with E-state index in [9.17, 15) is 14.0 Å². The fraction of sp³-hybridized carbons (Fsp3) is 0.467. The maximum Gasteiger partial charge on any atom is 0.232 e. The van der Waals surface area contributed by atoms with Gasteiger partial charge in [0.1, 0.15) is 5.82 Å². The largest absolute Gasteiger partial charge is 0.378 e. The number of nitrogens with zero attached hydrogens (tertiary/aromatic N) is 1. The van der Waals surface area contributed by atoms with Gasteiger partial charge in [-0.2, -0.15) is 0 Å². The first kappa shape index (κ1) is 18.2. The van der Waals surface area contributed by atoms with E-state index in [1.54, 1.807) is 17.0 Å². The Balaban J connectivity index is 1.65. The fourth-order valence-corrected chi connectivity index (χ4v) is 3.12. The Hall–Kier alpha value is -1.12. The summed E-state index contributed by atoms with van der Waals surface area (Å²) in [5, 5.41) is 2.65. The van der Waals surface area contributed by atoms with Crippen LogP contribution >= 0.6 is 27.7 Å². The molecule has 1 aliphatic heterocycles. The fourth-order valence-electron chi connectivity index (χ4n) is 2.04. The number of hydrogen-bond donors (Lipinski definition) is 1. The van der Waals surface area contributed by atoms with Gasteiger partial charge < -0.3 is 15.0 Å². The smallest absolute Gasteiger partial charge is 0.232 e. The van der Waals surface area contributed by atoms with Crippen LogP contribution in [0.25, 0.3) is 0 Å². The number of ether oxygens (including phenoxy) is 1. The summed E-state index contributed by atoms with van der Waals surface area (Å²) in [4.78, 5) is 25.4. The summed E-state index contributed by atoms with van der Waals surface area (Å²) in [5.41, 5.74) is 0.427. The summed E-state index contributed by atoms with van der Waals surface area (Å²) >= 11 is 4.44. The predicted octanol–water partition coefficient (Wildman–Crippen LogP) is 1.80. The molecule has 0 radical (unpaired) electrons. The van der Waals surface area contributed by atoms with Crippen molar-refractivity contribution in [3.8, 4) is 0 Å². The average Bonchev–Trinajstić information content (AvgIpc) is 2.54. The molecule has 126 valence electrons. The van der Waals surface area contributed by atoms with Crippen molar-refractivity contribution in [2.75, 3.05) is 37.8 Å². The van der Waals surface area contributed by atoms with E-state index in [1.807, 2.05) is 0 Å². The van der Waals surface area contributed by atoms with E-state index in [-0.39, 0.29) is 35.7 Å². The van der Waals surface area contributed by atoms with Gasteiger partial charge in [-0.15, -0.1) is 11.8 Å². The lowest BCUT2D eigenvalue weighted by molar-refractivity contribution is -0.132. The van der Waals surface area contributed by atoms with Crippen LogP contribution in [0.3, 0.4) is 0 Å². The highest BCUT2D eigenvalue weighted by molar-refractivity contribution is 9.10. The number of carbonyl (C=O) groups is 2. The first-order valence-corrected chi connectivity index (χ1v) is 9.15. The lowest BCUT2D eigenvalue weighted by Crippen LogP contribution is -2.41. The van der Waals surface area contributed by atoms with E-state index in [1.165, 1.54) is 17.8 Å². The molecule has 1 aromatic rings. The van der Waals surface area contributed by atoms with Crippen molar-refractivity contribution in [3.05, 3.63) is 34.1 Å². The summed E-state index contributed by atoms with van der Waals surface area (Å²) in [6.45, 7) is 2.48. The minimum atomic E-state index is -0.366. The summed E-state index contributed by atoms with van der Waals surface area (Å²) in [6, 6.07) is 4.70. The van der Waals surface area contributed by atoms with Crippen LogP contribution in [0.2, 0.25) is 0 Å². The zero-order chi connectivity index (χ0) is 16.7. The summed E-state index contributed by atoms with van der Waals surface area (Å²) in [7, 11) is 0. The zero-order valence-electron chi connectivity index (χ0n) is 12.5. The third-order valence-electron chi connectivity index (χ3n) is 3.31. The van der Waals surface area contributed by atoms with Crippen molar-refractivity contribution in [1.29, 1.82) is 0 Å². The second kappa shape index (κ2) is 9.24. The number of rotatable bonds is 6. The predicted molar refractivity (Wildman–Crippen MR) is 90.7 cm³/mol. The quantitative estimate of drug-likeness (QED) is 0.785. The van der Waals surface area contributed by atoms with E-state index >= 15 is 0 Å². The molecule has 0 spiro atoms. The van der Waals surface area contributed by atoms with E-state index < -0.39 is 0 Å². The number of amides is 2. The van der Waals surface area contributed by atoms with Crippen molar-refractivity contribution in [3.63, 3.8) is 0 Å². The Morgan fingerprint density at radius 2 is 2.04 bits per heavy atom. The minimum Gasteiger partial charge on any atom is -0.378 e. The Kier molecular flexibility index (Phi) is 7.32. The standard InChI is InChI=1S/C15H18BrFN2O3S/c16-12-2-1-11(13(17)7-12)8-18-14(20)9-23-10-15(21)19-3-5-22-6-4-19/h1-2,7H,3-6,8-10H2,(H,18,20). The molecule has 0 atom stereocenters. The van der Waals surface area contributed by atoms with Crippen LogP contribution in [0.1, 0.15) is 5.56 Å². The highest BCUT2D eigenvalue weighted by Gasteiger charge is 2.17. The van der Waals surface area contributed by atoms with E-state index in [2.05, 4.69) is 21.2 Å². The van der Waals surface area contributed by atoms with Gasteiger partial charge in [0, 0.05) is 29.7 Å². The third kappa shape index (κ3) is 6.12. The van der Waals surface area contributed by atoms with Crippen molar-refractivity contribution in [1.82, 2.24) is 10.2 Å². The first-order chi connectivity index (χ1) is 11.1. The first-order valence-electron chi connectivity index (χ1n) is 7.20. The maximum absolute atomic E-state index is 13.6. The minimum absolute atomic E-state index is 0.0186. The lowest BCUT2D eigenvalue weighted by Gasteiger charge is -2.26. The molecule has 0 unspecified atom stereocenters. The maximum atomic E-state index is 13.6. The van der Waals surface area contributed by atoms with Gasteiger partial charge in [0.05, 0.1) is 24.7 Å². The van der Waals surface area contributed by atoms with Crippen molar-refractivity contribution in [2.24, 2.45) is 0 Å². The van der Waals surface area contributed by atoms with Crippen molar-refractivity contribution in [2.45, 2.75) is 6.54 Å². The van der Waals surface area contributed by atoms with Gasteiger partial charge in [0.25, 0.3) is 0 Å². The zero-order valence-corrected chi connectivity index (χ0v) is 14.9. The average molecular weight is 405 g/mol. The van der Waals surface area contributed by atoms with Crippen LogP contribution in [0, 0.1) is 5.82 Å². The van der Waals surface area contributed by atoms with Crippen LogP contribution in [0.4, 0.5) is 4.39 Å². The SMILES string of the molecule is O=C(CSCC(=O)N1CCOCC1)NCc1ccc(Br)cc1F. The molecule has 1 fully saturated rings. The lowest BCUT2D eigenvalue weighted by atomic mass is 10.2. The summed E-state index contributed by atoms with van der Waals surface area (Å²) in [5.74, 6) is -0.124. The van der Waals surface area contributed by atoms with Crippen molar-refractivity contribution < 1.29 is 18.7 Å². The Labute approximate surface area is 147 Å². The Morgan fingerprint density at radius 3 is 2.74 bits per heavy atom. The molecule has 1 N–H and O–H groups in total. The highest BCUT2D eigenvalue weighted by Crippen LogP contribution is 2.15. The molecular weight excluding hydrogens is 387 g/mol. The molecule has 0 aromatic heterocycles. The van der Waals surface area contributed by atoms with Gasteiger partial charge in [0.15, 0.2) is 0 Å². The summed E-state index contributed by atoms with van der Waals surface area (Å²) < 4.78 is 19.5. The summed E-state index contributed by atoms with van der Waals surface area (Å²) in [6.07, 6.45) is 0. The molecule has 1 saturated heterocycles. The molecule has 1 aromatic carbocycles. The number of thioether (sulfide) groups is 1. The normalized spacial score (nSPS) is 14.6. The van der Waals surface area contributed by atoms with E-state index in [0.717, 1.165) is 0 Å². The molecular formula is C15H18BrFN2O3S.